The minimum atomic E-state index is -0.462. The van der Waals surface area contributed by atoms with Gasteiger partial charge in [-0.25, -0.2) is 14.8 Å². The maximum absolute atomic E-state index is 12.7. The number of aromatic nitrogens is 2. The number of benzene rings is 1. The van der Waals surface area contributed by atoms with E-state index in [4.69, 9.17) is 4.74 Å². The highest BCUT2D eigenvalue weighted by Gasteiger charge is 2.20. The number of esters is 1. The molecule has 0 atom stereocenters. The Balaban J connectivity index is 2.15. The van der Waals surface area contributed by atoms with E-state index < -0.39 is 5.97 Å². The highest BCUT2D eigenvalue weighted by molar-refractivity contribution is 6.05. The Morgan fingerprint density at radius 2 is 1.97 bits per heavy atom. The molecule has 2 aromatic heterocycles. The smallest absolute Gasteiger partial charge is 0.341 e. The summed E-state index contributed by atoms with van der Waals surface area (Å²) in [5.41, 5.74) is 3.64. The lowest BCUT2D eigenvalue weighted by molar-refractivity contribution is 0.0506. The molecule has 2 heterocycles. The van der Waals surface area contributed by atoms with Crippen LogP contribution in [-0.2, 0) is 10.2 Å². The molecule has 0 unspecified atom stereocenters. The zero-order valence-corrected chi connectivity index (χ0v) is 17.5. The number of rotatable bonds is 5. The van der Waals surface area contributed by atoms with Gasteiger partial charge in [-0.2, -0.15) is 0 Å². The molecule has 3 rings (SSSR count). The predicted octanol–water partition coefficient (Wildman–Crippen LogP) is 5.25. The van der Waals surface area contributed by atoms with Crippen LogP contribution in [0, 0.1) is 6.92 Å². The van der Waals surface area contributed by atoms with Gasteiger partial charge in [-0.1, -0.05) is 33.8 Å². The maximum atomic E-state index is 12.7. The standard InChI is InChI=1S/C23H27N3O3/c1-6-11-29-22(28)17-13-24-21-16(9-7-14(2)25-21)20(17)26-18-12-15(23(3,4)5)8-10-19(18)27/h7-10,12-13,27H,6,11H2,1-5H3,(H,24,25,26). The van der Waals surface area contributed by atoms with Gasteiger partial charge in [-0.15, -0.1) is 0 Å². The molecule has 29 heavy (non-hydrogen) atoms. The lowest BCUT2D eigenvalue weighted by atomic mass is 9.87. The van der Waals surface area contributed by atoms with Crippen molar-refractivity contribution in [1.29, 1.82) is 0 Å². The molecular formula is C23H27N3O3. The van der Waals surface area contributed by atoms with E-state index in [2.05, 4.69) is 36.1 Å². The van der Waals surface area contributed by atoms with E-state index in [1.54, 1.807) is 6.07 Å². The SMILES string of the molecule is CCCOC(=O)c1cnc2nc(C)ccc2c1Nc1cc(C(C)(C)C)ccc1O. The molecule has 0 aliphatic carbocycles. The second kappa shape index (κ2) is 8.07. The Labute approximate surface area is 171 Å². The molecule has 0 aliphatic rings. The molecule has 0 aliphatic heterocycles. The molecule has 6 heteroatoms. The highest BCUT2D eigenvalue weighted by Crippen LogP contribution is 2.36. The molecule has 1 aromatic carbocycles. The summed E-state index contributed by atoms with van der Waals surface area (Å²) in [4.78, 5) is 21.4. The first-order valence-electron chi connectivity index (χ1n) is 9.74. The fourth-order valence-electron chi connectivity index (χ4n) is 2.97. The third-order valence-corrected chi connectivity index (χ3v) is 4.65. The number of phenolic OH excluding ortho intramolecular Hbond substituents is 1. The number of hydrogen-bond donors (Lipinski definition) is 2. The van der Waals surface area contributed by atoms with Crippen LogP contribution in [0.5, 0.6) is 5.75 Å². The third-order valence-electron chi connectivity index (χ3n) is 4.65. The monoisotopic (exact) mass is 393 g/mol. The van der Waals surface area contributed by atoms with Gasteiger partial charge in [-0.3, -0.25) is 0 Å². The van der Waals surface area contributed by atoms with Crippen LogP contribution in [0.2, 0.25) is 0 Å². The molecule has 3 aromatic rings. The number of anilines is 2. The topological polar surface area (TPSA) is 84.3 Å². The Hall–Kier alpha value is -3.15. The number of nitrogens with one attached hydrogen (secondary N) is 1. The van der Waals surface area contributed by atoms with Crippen LogP contribution in [0.4, 0.5) is 11.4 Å². The molecule has 0 saturated carbocycles. The van der Waals surface area contributed by atoms with Crippen LogP contribution in [0.15, 0.2) is 36.5 Å². The van der Waals surface area contributed by atoms with Gasteiger partial charge in [0.05, 0.1) is 18.0 Å². The van der Waals surface area contributed by atoms with Crippen molar-refractivity contribution in [2.45, 2.75) is 46.5 Å². The van der Waals surface area contributed by atoms with Gasteiger partial charge in [0.15, 0.2) is 5.65 Å². The number of fused-ring (bicyclic) bond motifs is 1. The van der Waals surface area contributed by atoms with Crippen LogP contribution in [0.3, 0.4) is 0 Å². The first-order valence-corrected chi connectivity index (χ1v) is 9.74. The number of pyridine rings is 2. The van der Waals surface area contributed by atoms with Gasteiger partial charge in [-0.05, 0) is 48.6 Å². The van der Waals surface area contributed by atoms with Gasteiger partial charge in [0, 0.05) is 17.3 Å². The number of carbonyl (C=O) groups excluding carboxylic acids is 1. The van der Waals surface area contributed by atoms with Gasteiger partial charge >= 0.3 is 5.97 Å². The zero-order chi connectivity index (χ0) is 21.2. The summed E-state index contributed by atoms with van der Waals surface area (Å²) in [6.07, 6.45) is 2.20. The maximum Gasteiger partial charge on any atom is 0.341 e. The highest BCUT2D eigenvalue weighted by atomic mass is 16.5. The van der Waals surface area contributed by atoms with E-state index in [1.165, 1.54) is 6.20 Å². The second-order valence-electron chi connectivity index (χ2n) is 8.11. The van der Waals surface area contributed by atoms with E-state index in [9.17, 15) is 9.90 Å². The van der Waals surface area contributed by atoms with Gasteiger partial charge in [0.1, 0.15) is 11.3 Å². The van der Waals surface area contributed by atoms with Crippen molar-refractivity contribution in [3.8, 4) is 5.75 Å². The van der Waals surface area contributed by atoms with Crippen molar-refractivity contribution in [3.05, 3.63) is 53.3 Å². The van der Waals surface area contributed by atoms with Crippen molar-refractivity contribution >= 4 is 28.4 Å². The van der Waals surface area contributed by atoms with Crippen molar-refractivity contribution in [2.24, 2.45) is 0 Å². The Morgan fingerprint density at radius 3 is 2.66 bits per heavy atom. The molecule has 0 amide bonds. The summed E-state index contributed by atoms with van der Waals surface area (Å²) < 4.78 is 5.33. The van der Waals surface area contributed by atoms with Gasteiger partial charge < -0.3 is 15.2 Å². The molecule has 152 valence electrons. The average Bonchev–Trinajstić information content (AvgIpc) is 2.66. The minimum absolute atomic E-state index is 0.0913. The molecule has 0 bridgehead atoms. The summed E-state index contributed by atoms with van der Waals surface area (Å²) in [6.45, 7) is 10.5. The lowest BCUT2D eigenvalue weighted by Gasteiger charge is -2.21. The molecule has 0 spiro atoms. The zero-order valence-electron chi connectivity index (χ0n) is 17.5. The quantitative estimate of drug-likeness (QED) is 0.455. The number of aromatic hydroxyl groups is 1. The number of carbonyl (C=O) groups is 1. The summed E-state index contributed by atoms with van der Waals surface area (Å²) in [5.74, 6) is -0.369. The van der Waals surface area contributed by atoms with Crippen molar-refractivity contribution in [3.63, 3.8) is 0 Å². The molecule has 0 fully saturated rings. The van der Waals surface area contributed by atoms with E-state index in [0.717, 1.165) is 17.7 Å². The summed E-state index contributed by atoms with van der Waals surface area (Å²) in [6, 6.07) is 9.18. The van der Waals surface area contributed by atoms with Crippen molar-refractivity contribution < 1.29 is 14.6 Å². The molecular weight excluding hydrogens is 366 g/mol. The molecule has 6 nitrogen and oxygen atoms in total. The summed E-state index contributed by atoms with van der Waals surface area (Å²) >= 11 is 0. The largest absolute Gasteiger partial charge is 0.506 e. The van der Waals surface area contributed by atoms with Crippen LogP contribution < -0.4 is 5.32 Å². The van der Waals surface area contributed by atoms with E-state index in [1.807, 2.05) is 38.1 Å². The van der Waals surface area contributed by atoms with Crippen LogP contribution in [-0.4, -0.2) is 27.7 Å². The fourth-order valence-corrected chi connectivity index (χ4v) is 2.97. The van der Waals surface area contributed by atoms with Crippen molar-refractivity contribution in [1.82, 2.24) is 9.97 Å². The average molecular weight is 393 g/mol. The number of nitrogens with zero attached hydrogens (tertiary/aromatic N) is 2. The van der Waals surface area contributed by atoms with E-state index in [0.29, 0.717) is 34.6 Å². The van der Waals surface area contributed by atoms with Gasteiger partial charge in [0.2, 0.25) is 0 Å². The van der Waals surface area contributed by atoms with Crippen LogP contribution >= 0.6 is 0 Å². The first-order chi connectivity index (χ1) is 13.7. The first kappa shape index (κ1) is 20.6. The Morgan fingerprint density at radius 1 is 1.21 bits per heavy atom. The molecule has 0 saturated heterocycles. The number of ether oxygens (including phenoxy) is 1. The molecule has 0 radical (unpaired) electrons. The van der Waals surface area contributed by atoms with E-state index >= 15 is 0 Å². The Bertz CT molecular complexity index is 1060. The summed E-state index contributed by atoms with van der Waals surface area (Å²) in [5, 5.41) is 14.4. The third kappa shape index (κ3) is 4.47. The Kier molecular flexibility index (Phi) is 5.73. The second-order valence-corrected chi connectivity index (χ2v) is 8.11. The number of phenols is 1. The normalized spacial score (nSPS) is 11.5. The van der Waals surface area contributed by atoms with Crippen LogP contribution in [0.25, 0.3) is 11.0 Å². The summed E-state index contributed by atoms with van der Waals surface area (Å²) in [7, 11) is 0. The predicted molar refractivity (Wildman–Crippen MR) is 115 cm³/mol. The number of hydrogen-bond acceptors (Lipinski definition) is 6. The lowest BCUT2D eigenvalue weighted by Crippen LogP contribution is -2.12. The fraction of sp³-hybridized carbons (Fsp3) is 0.348. The number of aryl methyl sites for hydroxylation is 1. The van der Waals surface area contributed by atoms with E-state index in [-0.39, 0.29) is 11.2 Å². The van der Waals surface area contributed by atoms with Crippen molar-refractivity contribution in [2.75, 3.05) is 11.9 Å². The minimum Gasteiger partial charge on any atom is -0.506 e. The van der Waals surface area contributed by atoms with Crippen LogP contribution in [0.1, 0.15) is 55.7 Å². The molecule has 2 N–H and O–H groups in total. The van der Waals surface area contributed by atoms with Gasteiger partial charge in [0.25, 0.3) is 0 Å².